The largest absolute Gasteiger partial charge is 0.497 e. The van der Waals surface area contributed by atoms with Crippen molar-refractivity contribution in [2.24, 2.45) is 5.10 Å². The molecule has 30 heavy (non-hydrogen) atoms. The summed E-state index contributed by atoms with van der Waals surface area (Å²) < 4.78 is 5.13. The Balaban J connectivity index is 1.46. The van der Waals surface area contributed by atoms with Crippen molar-refractivity contribution < 1.29 is 9.53 Å². The molecule has 6 heteroatoms. The van der Waals surface area contributed by atoms with Crippen molar-refractivity contribution in [1.29, 1.82) is 0 Å². The summed E-state index contributed by atoms with van der Waals surface area (Å²) in [5, 5.41) is 8.29. The van der Waals surface area contributed by atoms with Gasteiger partial charge in [0.2, 0.25) is 0 Å². The van der Waals surface area contributed by atoms with Gasteiger partial charge in [0.05, 0.1) is 25.6 Å². The van der Waals surface area contributed by atoms with Crippen LogP contribution in [0.3, 0.4) is 0 Å². The molecule has 0 spiro atoms. The topological polar surface area (TPSA) is 78.5 Å². The Hall–Kier alpha value is -4.06. The average molecular weight is 398 g/mol. The Kier molecular flexibility index (Phi) is 5.75. The van der Waals surface area contributed by atoms with Gasteiger partial charge in [0.1, 0.15) is 5.75 Å². The number of anilines is 1. The molecule has 0 fully saturated rings. The summed E-state index contributed by atoms with van der Waals surface area (Å²) in [4.78, 5) is 15.6. The molecule has 1 heterocycles. The minimum atomic E-state index is -0.233. The van der Waals surface area contributed by atoms with E-state index in [1.54, 1.807) is 13.3 Å². The number of aromatic nitrogens is 1. The van der Waals surface area contributed by atoms with E-state index in [0.29, 0.717) is 0 Å². The van der Waals surface area contributed by atoms with Crippen LogP contribution in [-0.2, 0) is 4.79 Å². The number of nitrogens with zero attached hydrogens (tertiary/aromatic N) is 1. The number of aromatic amines is 1. The SMILES string of the molecule is COc1ccc(NCC(=O)N/N=C/c2c(-c3ccccc3)[nH]c3ccccc23)cc1. The van der Waals surface area contributed by atoms with Crippen molar-refractivity contribution in [3.8, 4) is 17.0 Å². The molecule has 0 aliphatic heterocycles. The Bertz CT molecular complexity index is 1170. The number of hydrazone groups is 1. The summed E-state index contributed by atoms with van der Waals surface area (Å²) in [5.74, 6) is 0.533. The van der Waals surface area contributed by atoms with E-state index in [4.69, 9.17) is 4.74 Å². The first-order valence-corrected chi connectivity index (χ1v) is 9.60. The third kappa shape index (κ3) is 4.33. The summed E-state index contributed by atoms with van der Waals surface area (Å²) in [6.45, 7) is 0.114. The summed E-state index contributed by atoms with van der Waals surface area (Å²) in [7, 11) is 1.62. The molecule has 4 aromatic rings. The first kappa shape index (κ1) is 19.3. The lowest BCUT2D eigenvalue weighted by molar-refractivity contribution is -0.119. The smallest absolute Gasteiger partial charge is 0.259 e. The van der Waals surface area contributed by atoms with Gasteiger partial charge < -0.3 is 15.0 Å². The van der Waals surface area contributed by atoms with Crippen molar-refractivity contribution in [2.45, 2.75) is 0 Å². The standard InChI is InChI=1S/C24H22N4O2/c1-30-19-13-11-18(12-14-19)25-16-23(29)28-26-15-21-20-9-5-6-10-22(20)27-24(21)17-7-3-2-4-8-17/h2-15,25,27H,16H2,1H3,(H,28,29)/b26-15+. The van der Waals surface area contributed by atoms with Crippen LogP contribution in [0.5, 0.6) is 5.75 Å². The summed E-state index contributed by atoms with van der Waals surface area (Å²) in [5.41, 5.74) is 7.39. The molecule has 0 aliphatic rings. The minimum absolute atomic E-state index is 0.114. The van der Waals surface area contributed by atoms with Crippen molar-refractivity contribution >= 4 is 28.7 Å². The fraction of sp³-hybridized carbons (Fsp3) is 0.0833. The number of hydrogen-bond donors (Lipinski definition) is 3. The van der Waals surface area contributed by atoms with E-state index >= 15 is 0 Å². The molecule has 0 bridgehead atoms. The summed E-state index contributed by atoms with van der Waals surface area (Å²) >= 11 is 0. The van der Waals surface area contributed by atoms with Gasteiger partial charge in [-0.15, -0.1) is 0 Å². The molecule has 1 aromatic heterocycles. The van der Waals surface area contributed by atoms with Crippen LogP contribution in [-0.4, -0.2) is 30.8 Å². The van der Waals surface area contributed by atoms with E-state index in [9.17, 15) is 4.79 Å². The van der Waals surface area contributed by atoms with Crippen LogP contribution >= 0.6 is 0 Å². The number of ether oxygens (including phenoxy) is 1. The van der Waals surface area contributed by atoms with Crippen LogP contribution in [0.2, 0.25) is 0 Å². The van der Waals surface area contributed by atoms with E-state index in [2.05, 4.69) is 20.8 Å². The molecular formula is C24H22N4O2. The molecule has 1 amide bonds. The molecule has 3 aromatic carbocycles. The van der Waals surface area contributed by atoms with E-state index < -0.39 is 0 Å². The van der Waals surface area contributed by atoms with Crippen LogP contribution < -0.4 is 15.5 Å². The highest BCUT2D eigenvalue weighted by molar-refractivity contribution is 6.06. The van der Waals surface area contributed by atoms with Gasteiger partial charge in [-0.3, -0.25) is 4.79 Å². The fourth-order valence-corrected chi connectivity index (χ4v) is 3.23. The number of para-hydroxylation sites is 1. The Labute approximate surface area is 174 Å². The predicted octanol–water partition coefficient (Wildman–Crippen LogP) is 4.41. The zero-order valence-electron chi connectivity index (χ0n) is 16.6. The highest BCUT2D eigenvalue weighted by atomic mass is 16.5. The lowest BCUT2D eigenvalue weighted by Gasteiger charge is -2.06. The lowest BCUT2D eigenvalue weighted by Crippen LogP contribution is -2.25. The monoisotopic (exact) mass is 398 g/mol. The number of methoxy groups -OCH3 is 1. The summed E-state index contributed by atoms with van der Waals surface area (Å²) in [6.07, 6.45) is 1.69. The molecule has 150 valence electrons. The molecule has 0 saturated carbocycles. The lowest BCUT2D eigenvalue weighted by atomic mass is 10.1. The van der Waals surface area contributed by atoms with E-state index in [1.807, 2.05) is 78.9 Å². The Morgan fingerprint density at radius 3 is 2.50 bits per heavy atom. The quantitative estimate of drug-likeness (QED) is 0.319. The molecule has 0 saturated heterocycles. The first-order valence-electron chi connectivity index (χ1n) is 9.60. The number of benzene rings is 3. The maximum atomic E-state index is 12.2. The molecule has 4 rings (SSSR count). The number of amides is 1. The van der Waals surface area contributed by atoms with Crippen molar-refractivity contribution in [3.63, 3.8) is 0 Å². The van der Waals surface area contributed by atoms with Crippen molar-refractivity contribution in [3.05, 3.63) is 84.4 Å². The second-order valence-electron chi connectivity index (χ2n) is 6.70. The number of hydrogen-bond acceptors (Lipinski definition) is 4. The summed E-state index contributed by atoms with van der Waals surface area (Å²) in [6, 6.07) is 25.5. The van der Waals surface area contributed by atoms with E-state index in [1.165, 1.54) is 0 Å². The molecule has 0 aliphatic carbocycles. The molecule has 0 unspecified atom stereocenters. The van der Waals surface area contributed by atoms with Crippen LogP contribution in [0.15, 0.2) is 84.0 Å². The van der Waals surface area contributed by atoms with Gasteiger partial charge >= 0.3 is 0 Å². The van der Waals surface area contributed by atoms with Crippen LogP contribution in [0.25, 0.3) is 22.2 Å². The number of fused-ring (bicyclic) bond motifs is 1. The normalized spacial score (nSPS) is 11.0. The van der Waals surface area contributed by atoms with Gasteiger partial charge in [-0.25, -0.2) is 5.43 Å². The maximum absolute atomic E-state index is 12.2. The Morgan fingerprint density at radius 2 is 1.73 bits per heavy atom. The maximum Gasteiger partial charge on any atom is 0.259 e. The van der Waals surface area contributed by atoms with Gasteiger partial charge in [0, 0.05) is 22.2 Å². The van der Waals surface area contributed by atoms with Gasteiger partial charge in [-0.2, -0.15) is 5.10 Å². The van der Waals surface area contributed by atoms with Gasteiger partial charge in [0.15, 0.2) is 0 Å². The molecular weight excluding hydrogens is 376 g/mol. The molecule has 6 nitrogen and oxygen atoms in total. The average Bonchev–Trinajstić information content (AvgIpc) is 3.17. The number of carbonyl (C=O) groups excluding carboxylic acids is 1. The zero-order valence-corrected chi connectivity index (χ0v) is 16.6. The van der Waals surface area contributed by atoms with Gasteiger partial charge in [-0.1, -0.05) is 48.5 Å². The second kappa shape index (κ2) is 8.96. The Morgan fingerprint density at radius 1 is 1.00 bits per heavy atom. The number of rotatable bonds is 7. The van der Waals surface area contributed by atoms with Crippen molar-refractivity contribution in [1.82, 2.24) is 10.4 Å². The van der Waals surface area contributed by atoms with Crippen molar-refractivity contribution in [2.75, 3.05) is 19.0 Å². The molecule has 0 atom stereocenters. The second-order valence-corrected chi connectivity index (χ2v) is 6.70. The predicted molar refractivity (Wildman–Crippen MR) is 121 cm³/mol. The van der Waals surface area contributed by atoms with Gasteiger partial charge in [-0.05, 0) is 35.9 Å². The van der Waals surface area contributed by atoms with Crippen LogP contribution in [0.4, 0.5) is 5.69 Å². The highest BCUT2D eigenvalue weighted by Gasteiger charge is 2.11. The molecule has 3 N–H and O–H groups in total. The van der Waals surface area contributed by atoms with Crippen LogP contribution in [0, 0.1) is 0 Å². The number of nitrogens with one attached hydrogen (secondary N) is 3. The fourth-order valence-electron chi connectivity index (χ4n) is 3.23. The van der Waals surface area contributed by atoms with E-state index in [0.717, 1.165) is 39.2 Å². The first-order chi connectivity index (χ1) is 14.7. The minimum Gasteiger partial charge on any atom is -0.497 e. The number of carbonyl (C=O) groups is 1. The van der Waals surface area contributed by atoms with Crippen LogP contribution in [0.1, 0.15) is 5.56 Å². The van der Waals surface area contributed by atoms with E-state index in [-0.39, 0.29) is 12.5 Å². The number of H-pyrrole nitrogens is 1. The third-order valence-electron chi connectivity index (χ3n) is 4.73. The zero-order chi connectivity index (χ0) is 20.8. The third-order valence-corrected chi connectivity index (χ3v) is 4.73. The molecule has 0 radical (unpaired) electrons. The van der Waals surface area contributed by atoms with Gasteiger partial charge in [0.25, 0.3) is 5.91 Å². The highest BCUT2D eigenvalue weighted by Crippen LogP contribution is 2.28.